The van der Waals surface area contributed by atoms with Gasteiger partial charge in [0.1, 0.15) is 5.75 Å². The maximum atomic E-state index is 13.1. The highest BCUT2D eigenvalue weighted by atomic mass is 33.1. The van der Waals surface area contributed by atoms with E-state index in [4.69, 9.17) is 0 Å². The Balaban J connectivity index is 1.50. The van der Waals surface area contributed by atoms with E-state index >= 15 is 0 Å². The minimum atomic E-state index is -1.48. The lowest BCUT2D eigenvalue weighted by atomic mass is 10.0. The van der Waals surface area contributed by atoms with E-state index in [0.717, 1.165) is 30.4 Å². The maximum absolute atomic E-state index is 13.1. The third kappa shape index (κ3) is 7.29. The lowest BCUT2D eigenvalue weighted by Crippen LogP contribution is -2.34. The molecular formula is C23H27NO3S3. The molecule has 0 bridgehead atoms. The lowest BCUT2D eigenvalue weighted by Gasteiger charge is -2.17. The summed E-state index contributed by atoms with van der Waals surface area (Å²) < 4.78 is 13.1. The molecule has 1 fully saturated rings. The van der Waals surface area contributed by atoms with Crippen molar-refractivity contribution in [2.45, 2.75) is 42.6 Å². The molecule has 4 nitrogen and oxygen atoms in total. The Hall–Kier alpha value is -1.57. The number of benzene rings is 2. The van der Waals surface area contributed by atoms with Crippen LogP contribution in [0, 0.1) is 0 Å². The molecule has 2 aromatic rings. The molecule has 1 N–H and O–H groups in total. The number of hydrogen-bond acceptors (Lipinski definition) is 5. The molecule has 2 amide bonds. The van der Waals surface area contributed by atoms with Gasteiger partial charge in [-0.3, -0.25) is 19.1 Å². The third-order valence-corrected chi connectivity index (χ3v) is 9.55. The Bertz CT molecular complexity index is 800. The van der Waals surface area contributed by atoms with Crippen LogP contribution in [0.5, 0.6) is 0 Å². The number of nitrogens with one attached hydrogen (secondary N) is 1. The fourth-order valence-corrected chi connectivity index (χ4v) is 7.89. The summed E-state index contributed by atoms with van der Waals surface area (Å²) in [5, 5.41) is 2.71. The summed E-state index contributed by atoms with van der Waals surface area (Å²) in [5.41, 5.74) is 1.79. The van der Waals surface area contributed by atoms with E-state index in [1.165, 1.54) is 12.2 Å². The van der Waals surface area contributed by atoms with E-state index in [1.807, 2.05) is 82.3 Å². The van der Waals surface area contributed by atoms with Gasteiger partial charge in [0.2, 0.25) is 11.8 Å². The molecule has 7 heteroatoms. The first-order valence-electron chi connectivity index (χ1n) is 10.2. The molecule has 1 aliphatic rings. The number of imide groups is 1. The van der Waals surface area contributed by atoms with Crippen LogP contribution in [-0.4, -0.2) is 32.8 Å². The average Bonchev–Trinajstić information content (AvgIpc) is 3.26. The first-order chi connectivity index (χ1) is 14.6. The van der Waals surface area contributed by atoms with Gasteiger partial charge in [-0.2, -0.15) is 0 Å². The molecule has 2 atom stereocenters. The van der Waals surface area contributed by atoms with Crippen molar-refractivity contribution in [3.05, 3.63) is 71.8 Å². The summed E-state index contributed by atoms with van der Waals surface area (Å²) >= 11 is 0. The van der Waals surface area contributed by atoms with Crippen LogP contribution in [0.2, 0.25) is 0 Å². The van der Waals surface area contributed by atoms with E-state index in [9.17, 15) is 13.8 Å². The second-order valence-electron chi connectivity index (χ2n) is 7.27. The third-order valence-electron chi connectivity index (χ3n) is 4.93. The van der Waals surface area contributed by atoms with Gasteiger partial charge in [0.15, 0.2) is 0 Å². The monoisotopic (exact) mass is 461 g/mol. The summed E-state index contributed by atoms with van der Waals surface area (Å²) in [5.74, 6) is 0.268. The van der Waals surface area contributed by atoms with Crippen molar-refractivity contribution in [1.29, 1.82) is 0 Å². The Morgan fingerprint density at radius 3 is 2.17 bits per heavy atom. The zero-order valence-corrected chi connectivity index (χ0v) is 19.3. The molecule has 1 saturated heterocycles. The highest BCUT2D eigenvalue weighted by Gasteiger charge is 2.24. The number of carbonyl (C=O) groups is 2. The second kappa shape index (κ2) is 12.3. The smallest absolute Gasteiger partial charge is 0.239 e. The van der Waals surface area contributed by atoms with Crippen molar-refractivity contribution in [2.24, 2.45) is 0 Å². The highest BCUT2D eigenvalue weighted by molar-refractivity contribution is 8.77. The van der Waals surface area contributed by atoms with Gasteiger partial charge in [-0.15, -0.1) is 0 Å². The summed E-state index contributed by atoms with van der Waals surface area (Å²) in [7, 11) is 2.38. The van der Waals surface area contributed by atoms with Crippen LogP contribution in [0.15, 0.2) is 60.7 Å². The van der Waals surface area contributed by atoms with Gasteiger partial charge < -0.3 is 0 Å². The summed E-state index contributed by atoms with van der Waals surface area (Å²) in [6.45, 7) is 0. The standard InChI is InChI=1S/C23H27NO3S3/c25-21(14-8-7-13-20-15-16-28-29-20)24-22(26)17-30(27)23(18-9-3-1-4-10-18)19-11-5-2-6-12-19/h1-6,9-12,20,23H,7-8,13-17H2,(H,24,25,26)/t20-,30?/m0/s1. The maximum Gasteiger partial charge on any atom is 0.239 e. The number of amides is 2. The molecule has 0 aromatic heterocycles. The molecule has 1 unspecified atom stereocenters. The fourth-order valence-electron chi connectivity index (χ4n) is 3.44. The van der Waals surface area contributed by atoms with Crippen LogP contribution in [0.4, 0.5) is 0 Å². The van der Waals surface area contributed by atoms with Crippen molar-refractivity contribution >= 4 is 44.2 Å². The van der Waals surface area contributed by atoms with E-state index < -0.39 is 22.0 Å². The molecule has 3 rings (SSSR count). The molecule has 30 heavy (non-hydrogen) atoms. The van der Waals surface area contributed by atoms with Crippen molar-refractivity contribution in [2.75, 3.05) is 11.5 Å². The average molecular weight is 462 g/mol. The van der Waals surface area contributed by atoms with Gasteiger partial charge in [-0.05, 0) is 30.4 Å². The molecule has 0 spiro atoms. The topological polar surface area (TPSA) is 63.2 Å². The molecule has 1 heterocycles. The number of hydrogen-bond donors (Lipinski definition) is 1. The van der Waals surface area contributed by atoms with E-state index in [-0.39, 0.29) is 11.7 Å². The molecule has 1 aliphatic heterocycles. The SMILES string of the molecule is O=C(CCCC[C@H]1CCSS1)NC(=O)CS(=O)C(c1ccccc1)c1ccccc1. The molecule has 0 aliphatic carbocycles. The second-order valence-corrected chi connectivity index (χ2v) is 11.6. The number of rotatable bonds is 10. The molecule has 160 valence electrons. The molecule has 0 radical (unpaired) electrons. The quantitative estimate of drug-likeness (QED) is 0.403. The lowest BCUT2D eigenvalue weighted by molar-refractivity contribution is -0.129. The summed E-state index contributed by atoms with van der Waals surface area (Å²) in [6, 6.07) is 19.1. The van der Waals surface area contributed by atoms with Crippen LogP contribution in [0.3, 0.4) is 0 Å². The van der Waals surface area contributed by atoms with Gasteiger partial charge in [0, 0.05) is 28.2 Å². The first kappa shape index (κ1) is 23.1. The Labute approximate surface area is 188 Å². The van der Waals surface area contributed by atoms with Crippen LogP contribution in [0.1, 0.15) is 48.5 Å². The van der Waals surface area contributed by atoms with E-state index in [2.05, 4.69) is 5.32 Å². The minimum absolute atomic E-state index is 0.198. The van der Waals surface area contributed by atoms with Crippen LogP contribution < -0.4 is 5.32 Å². The van der Waals surface area contributed by atoms with Gasteiger partial charge in [-0.1, -0.05) is 88.7 Å². The van der Waals surface area contributed by atoms with Crippen molar-refractivity contribution in [3.63, 3.8) is 0 Å². The Kier molecular flexibility index (Phi) is 9.49. The predicted molar refractivity (Wildman–Crippen MR) is 128 cm³/mol. The first-order valence-corrected chi connectivity index (χ1v) is 14.0. The van der Waals surface area contributed by atoms with Crippen LogP contribution in [-0.2, 0) is 20.4 Å². The zero-order chi connectivity index (χ0) is 21.2. The van der Waals surface area contributed by atoms with Crippen LogP contribution >= 0.6 is 21.6 Å². The molecular weight excluding hydrogens is 434 g/mol. The fraction of sp³-hybridized carbons (Fsp3) is 0.391. The number of unbranched alkanes of at least 4 members (excludes halogenated alkanes) is 1. The van der Waals surface area contributed by atoms with Gasteiger partial charge >= 0.3 is 0 Å². The largest absolute Gasteiger partial charge is 0.296 e. The van der Waals surface area contributed by atoms with E-state index in [0.29, 0.717) is 11.7 Å². The van der Waals surface area contributed by atoms with E-state index in [1.54, 1.807) is 0 Å². The van der Waals surface area contributed by atoms with Gasteiger partial charge in [0.25, 0.3) is 0 Å². The minimum Gasteiger partial charge on any atom is -0.296 e. The van der Waals surface area contributed by atoms with Crippen molar-refractivity contribution < 1.29 is 13.8 Å². The highest BCUT2D eigenvalue weighted by Crippen LogP contribution is 2.39. The zero-order valence-electron chi connectivity index (χ0n) is 16.8. The van der Waals surface area contributed by atoms with Crippen molar-refractivity contribution in [1.82, 2.24) is 5.32 Å². The van der Waals surface area contributed by atoms with Crippen molar-refractivity contribution in [3.8, 4) is 0 Å². The summed E-state index contributed by atoms with van der Waals surface area (Å²) in [4.78, 5) is 24.4. The molecule has 2 aromatic carbocycles. The van der Waals surface area contributed by atoms with Gasteiger partial charge in [0.05, 0.1) is 5.25 Å². The van der Waals surface area contributed by atoms with Gasteiger partial charge in [-0.25, -0.2) is 0 Å². The Morgan fingerprint density at radius 2 is 1.60 bits per heavy atom. The molecule has 0 saturated carbocycles. The summed E-state index contributed by atoms with van der Waals surface area (Å²) in [6.07, 6.45) is 4.48. The van der Waals surface area contributed by atoms with Crippen LogP contribution in [0.25, 0.3) is 0 Å². The number of carbonyl (C=O) groups excluding carboxylic acids is 2. The normalized spacial score (nSPS) is 17.0. The Morgan fingerprint density at radius 1 is 0.967 bits per heavy atom. The predicted octanol–water partition coefficient (Wildman–Crippen LogP) is 4.88.